The normalized spacial score (nSPS) is 13.6. The van der Waals surface area contributed by atoms with E-state index in [-0.39, 0.29) is 30.1 Å². The van der Waals surface area contributed by atoms with Crippen molar-refractivity contribution >= 4 is 11.8 Å². The maximum atomic E-state index is 13.5. The summed E-state index contributed by atoms with van der Waals surface area (Å²) in [4.78, 5) is 25.7. The quantitative estimate of drug-likeness (QED) is 0.807. The molecule has 6 nitrogen and oxygen atoms in total. The Labute approximate surface area is 156 Å². The minimum absolute atomic E-state index is 0.0418. The Morgan fingerprint density at radius 2 is 1.85 bits per heavy atom. The lowest BCUT2D eigenvalue weighted by atomic mass is 9.99. The van der Waals surface area contributed by atoms with Crippen molar-refractivity contribution in [2.45, 2.75) is 6.54 Å². The molecule has 0 radical (unpaired) electrons. The minimum atomic E-state index is -0.510. The van der Waals surface area contributed by atoms with Gasteiger partial charge in [-0.05, 0) is 29.8 Å². The molecule has 0 unspecified atom stereocenters. The summed E-state index contributed by atoms with van der Waals surface area (Å²) in [5.41, 5.74) is 0.967. The first-order valence-electron chi connectivity index (χ1n) is 8.62. The average molecular weight is 372 g/mol. The Bertz CT molecular complexity index is 804. The van der Waals surface area contributed by atoms with Gasteiger partial charge in [0.1, 0.15) is 5.75 Å². The van der Waals surface area contributed by atoms with Crippen LogP contribution in [-0.4, -0.2) is 43.5 Å². The number of para-hydroxylation sites is 1. The summed E-state index contributed by atoms with van der Waals surface area (Å²) in [5, 5.41) is 2.86. The molecule has 7 heteroatoms. The van der Waals surface area contributed by atoms with Crippen molar-refractivity contribution in [1.29, 1.82) is 0 Å². The molecule has 0 spiro atoms. The monoisotopic (exact) mass is 372 g/mol. The van der Waals surface area contributed by atoms with Crippen molar-refractivity contribution in [2.24, 2.45) is 5.92 Å². The predicted molar refractivity (Wildman–Crippen MR) is 96.8 cm³/mol. The van der Waals surface area contributed by atoms with Crippen LogP contribution in [0.4, 0.5) is 4.39 Å². The van der Waals surface area contributed by atoms with E-state index in [9.17, 15) is 14.0 Å². The van der Waals surface area contributed by atoms with E-state index < -0.39 is 5.82 Å². The van der Waals surface area contributed by atoms with Crippen LogP contribution in [0.1, 0.15) is 5.56 Å². The number of carbonyl (C=O) groups is 2. The predicted octanol–water partition coefficient (Wildman–Crippen LogP) is 1.99. The summed E-state index contributed by atoms with van der Waals surface area (Å²) in [6.07, 6.45) is 0. The van der Waals surface area contributed by atoms with E-state index in [1.54, 1.807) is 19.2 Å². The molecule has 0 aliphatic carbocycles. The average Bonchev–Trinajstić information content (AvgIpc) is 2.65. The first-order valence-corrected chi connectivity index (χ1v) is 8.62. The molecule has 1 aliphatic rings. The minimum Gasteiger partial charge on any atom is -0.497 e. The maximum absolute atomic E-state index is 13.5. The summed E-state index contributed by atoms with van der Waals surface area (Å²) in [7, 11) is 1.60. The molecule has 2 aromatic carbocycles. The van der Waals surface area contributed by atoms with E-state index in [4.69, 9.17) is 9.47 Å². The number of amides is 2. The lowest BCUT2D eigenvalue weighted by molar-refractivity contribution is -0.144. The van der Waals surface area contributed by atoms with Gasteiger partial charge in [-0.25, -0.2) is 4.39 Å². The van der Waals surface area contributed by atoms with Gasteiger partial charge in [0, 0.05) is 19.6 Å². The van der Waals surface area contributed by atoms with E-state index in [0.717, 1.165) is 11.3 Å². The molecule has 0 aromatic heterocycles. The van der Waals surface area contributed by atoms with E-state index in [1.165, 1.54) is 17.0 Å². The van der Waals surface area contributed by atoms with Crippen LogP contribution >= 0.6 is 0 Å². The van der Waals surface area contributed by atoms with Gasteiger partial charge in [-0.1, -0.05) is 24.3 Å². The highest BCUT2D eigenvalue weighted by molar-refractivity contribution is 5.85. The molecule has 142 valence electrons. The molecule has 2 amide bonds. The van der Waals surface area contributed by atoms with Crippen LogP contribution in [-0.2, 0) is 16.1 Å². The molecule has 1 heterocycles. The number of nitrogens with one attached hydrogen (secondary N) is 1. The molecule has 0 bridgehead atoms. The molecule has 2 aromatic rings. The fraction of sp³-hybridized carbons (Fsp3) is 0.300. The summed E-state index contributed by atoms with van der Waals surface area (Å²) in [6, 6.07) is 13.4. The number of nitrogens with zero attached hydrogens (tertiary/aromatic N) is 1. The van der Waals surface area contributed by atoms with Crippen LogP contribution in [0.25, 0.3) is 0 Å². The number of hydrogen-bond acceptors (Lipinski definition) is 4. The van der Waals surface area contributed by atoms with Gasteiger partial charge < -0.3 is 19.7 Å². The van der Waals surface area contributed by atoms with Gasteiger partial charge in [-0.2, -0.15) is 0 Å². The lowest BCUT2D eigenvalue weighted by Crippen LogP contribution is -2.56. The van der Waals surface area contributed by atoms with Crippen molar-refractivity contribution in [1.82, 2.24) is 10.2 Å². The maximum Gasteiger partial charge on any atom is 0.260 e. The number of benzene rings is 2. The van der Waals surface area contributed by atoms with Crippen LogP contribution in [0, 0.1) is 11.7 Å². The fourth-order valence-electron chi connectivity index (χ4n) is 2.72. The topological polar surface area (TPSA) is 67.9 Å². The van der Waals surface area contributed by atoms with E-state index >= 15 is 0 Å². The zero-order valence-electron chi connectivity index (χ0n) is 15.0. The largest absolute Gasteiger partial charge is 0.497 e. The second-order valence-electron chi connectivity index (χ2n) is 6.28. The Morgan fingerprint density at radius 1 is 1.15 bits per heavy atom. The van der Waals surface area contributed by atoms with Crippen molar-refractivity contribution in [3.05, 3.63) is 59.9 Å². The number of carbonyl (C=O) groups excluding carboxylic acids is 2. The fourth-order valence-corrected chi connectivity index (χ4v) is 2.72. The van der Waals surface area contributed by atoms with Gasteiger partial charge in [0.05, 0.1) is 13.0 Å². The third kappa shape index (κ3) is 4.75. The second kappa shape index (κ2) is 8.53. The molecule has 27 heavy (non-hydrogen) atoms. The van der Waals surface area contributed by atoms with Crippen molar-refractivity contribution in [3.8, 4) is 11.5 Å². The van der Waals surface area contributed by atoms with Crippen LogP contribution < -0.4 is 14.8 Å². The van der Waals surface area contributed by atoms with Gasteiger partial charge in [0.2, 0.25) is 5.91 Å². The highest BCUT2D eigenvalue weighted by atomic mass is 19.1. The zero-order chi connectivity index (χ0) is 19.2. The van der Waals surface area contributed by atoms with Gasteiger partial charge in [-0.15, -0.1) is 0 Å². The van der Waals surface area contributed by atoms with E-state index in [0.29, 0.717) is 19.6 Å². The summed E-state index contributed by atoms with van der Waals surface area (Å²) in [6.45, 7) is 0.854. The number of rotatable bonds is 7. The Balaban J connectivity index is 1.38. The number of hydrogen-bond donors (Lipinski definition) is 1. The number of ether oxygens (including phenoxy) is 2. The van der Waals surface area contributed by atoms with E-state index in [1.807, 2.05) is 24.3 Å². The molecule has 3 rings (SSSR count). The van der Waals surface area contributed by atoms with Gasteiger partial charge in [-0.3, -0.25) is 9.59 Å². The number of likely N-dealkylation sites (tertiary alicyclic amines) is 1. The molecule has 0 atom stereocenters. The van der Waals surface area contributed by atoms with Crippen LogP contribution in [0.5, 0.6) is 11.5 Å². The first-order chi connectivity index (χ1) is 13.1. The molecule has 0 saturated carbocycles. The Hall–Kier alpha value is -3.09. The zero-order valence-corrected chi connectivity index (χ0v) is 15.0. The number of methoxy groups -OCH3 is 1. The molecular formula is C20H21FN2O4. The Morgan fingerprint density at radius 3 is 2.52 bits per heavy atom. The summed E-state index contributed by atoms with van der Waals surface area (Å²) >= 11 is 0. The van der Waals surface area contributed by atoms with Gasteiger partial charge in [0.25, 0.3) is 5.91 Å². The van der Waals surface area contributed by atoms with E-state index in [2.05, 4.69) is 5.32 Å². The first kappa shape index (κ1) is 18.7. The molecular weight excluding hydrogens is 351 g/mol. The third-order valence-corrected chi connectivity index (χ3v) is 4.42. The van der Waals surface area contributed by atoms with Gasteiger partial charge >= 0.3 is 0 Å². The smallest absolute Gasteiger partial charge is 0.260 e. The Kier molecular flexibility index (Phi) is 5.90. The standard InChI is InChI=1S/C20H21FN2O4/c1-26-16-8-6-14(7-9-16)10-22-20(25)15-11-23(12-15)19(24)13-27-18-5-3-2-4-17(18)21/h2-9,15H,10-13H2,1H3,(H,22,25). The van der Waals surface area contributed by atoms with Gasteiger partial charge in [0.15, 0.2) is 18.2 Å². The highest BCUT2D eigenvalue weighted by Gasteiger charge is 2.35. The molecule has 1 fully saturated rings. The van der Waals surface area contributed by atoms with Crippen LogP contribution in [0.2, 0.25) is 0 Å². The molecule has 1 N–H and O–H groups in total. The van der Waals surface area contributed by atoms with Crippen LogP contribution in [0.3, 0.4) is 0 Å². The summed E-state index contributed by atoms with van der Waals surface area (Å²) in [5.74, 6) is -0.302. The molecule has 1 saturated heterocycles. The number of halogens is 1. The third-order valence-electron chi connectivity index (χ3n) is 4.42. The van der Waals surface area contributed by atoms with Crippen molar-refractivity contribution < 1.29 is 23.5 Å². The highest BCUT2D eigenvalue weighted by Crippen LogP contribution is 2.19. The summed E-state index contributed by atoms with van der Waals surface area (Å²) < 4.78 is 23.8. The van der Waals surface area contributed by atoms with Crippen LogP contribution in [0.15, 0.2) is 48.5 Å². The molecule has 1 aliphatic heterocycles. The van der Waals surface area contributed by atoms with Crippen molar-refractivity contribution in [3.63, 3.8) is 0 Å². The lowest BCUT2D eigenvalue weighted by Gasteiger charge is -2.38. The van der Waals surface area contributed by atoms with Crippen molar-refractivity contribution in [2.75, 3.05) is 26.8 Å². The second-order valence-corrected chi connectivity index (χ2v) is 6.28. The SMILES string of the molecule is COc1ccc(CNC(=O)C2CN(C(=O)COc3ccccc3F)C2)cc1.